The maximum Gasteiger partial charge on any atom is 3.00 e. The predicted octanol–water partition coefficient (Wildman–Crippen LogP) is 5.22. The Hall–Kier alpha value is -2.89. The molecule has 0 amide bonds. The van der Waals surface area contributed by atoms with Gasteiger partial charge in [-0.15, -0.1) is 0 Å². The number of hydrogen-bond donors (Lipinski definition) is 1. The smallest absolute Gasteiger partial charge is 0.857 e. The number of aryl methyl sites for hydroxylation is 2. The SMILES string of the molecule is C[O-].C[O-].O=C(O)C(c1ccccc1)(c1ccccc1)c1ccccc1.[Ti+3].[cH-]1c2c(c3c1CCCC3)CCCC2. The van der Waals surface area contributed by atoms with Gasteiger partial charge in [0.05, 0.1) is 0 Å². The summed E-state index contributed by atoms with van der Waals surface area (Å²) < 4.78 is 0. The fourth-order valence-electron chi connectivity index (χ4n) is 6.01. The molecule has 0 aromatic heterocycles. The van der Waals surface area contributed by atoms with Crippen LogP contribution in [0.5, 0.6) is 0 Å². The molecule has 2 aliphatic rings. The summed E-state index contributed by atoms with van der Waals surface area (Å²) in [5.41, 5.74) is 7.99. The standard InChI is InChI=1S/C20H16O2.C13H17.2CH3O.Ti/c21-19(22)20(16-10-4-1-5-11-16,17-12-6-2-7-13-17)18-14-8-3-9-15-18;1-3-7-12-10(5-1)9-11-6-2-4-8-13(11)12;2*1-2;/h1-15H,(H,21,22);9H,1-8H2;2*1H3;/q;3*-1;+3. The second kappa shape index (κ2) is 17.0. The molecule has 5 heteroatoms. The second-order valence-electron chi connectivity index (χ2n) is 9.72. The van der Waals surface area contributed by atoms with Crippen molar-refractivity contribution in [3.8, 4) is 0 Å². The third-order valence-corrected chi connectivity index (χ3v) is 7.67. The normalized spacial score (nSPS) is 13.2. The van der Waals surface area contributed by atoms with Crippen LogP contribution in [0.15, 0.2) is 97.1 Å². The molecule has 0 saturated heterocycles. The molecule has 2 aliphatic carbocycles. The van der Waals surface area contributed by atoms with Crippen LogP contribution in [-0.2, 0) is 57.6 Å². The molecule has 4 aromatic rings. The summed E-state index contributed by atoms with van der Waals surface area (Å²) in [6.07, 6.45) is 11.2. The Labute approximate surface area is 254 Å². The third-order valence-electron chi connectivity index (χ3n) is 7.67. The van der Waals surface area contributed by atoms with Crippen LogP contribution in [0.3, 0.4) is 0 Å². The second-order valence-corrected chi connectivity index (χ2v) is 9.72. The molecule has 0 saturated carbocycles. The van der Waals surface area contributed by atoms with Gasteiger partial charge >= 0.3 is 27.7 Å². The van der Waals surface area contributed by atoms with Crippen molar-refractivity contribution in [2.45, 2.75) is 56.8 Å². The Morgan fingerprint density at radius 2 is 0.900 bits per heavy atom. The monoisotopic (exact) mass is 571 g/mol. The Morgan fingerprint density at radius 3 is 1.20 bits per heavy atom. The van der Waals surface area contributed by atoms with Gasteiger partial charge in [-0.05, 0) is 16.7 Å². The van der Waals surface area contributed by atoms with Crippen LogP contribution in [0.1, 0.15) is 64.6 Å². The summed E-state index contributed by atoms with van der Waals surface area (Å²) in [6.45, 7) is 0. The van der Waals surface area contributed by atoms with Crippen LogP contribution in [0.25, 0.3) is 0 Å². The number of carboxylic acids is 1. The van der Waals surface area contributed by atoms with E-state index in [-0.39, 0.29) is 21.7 Å². The molecular weight excluding hydrogens is 532 g/mol. The molecule has 4 aromatic carbocycles. The topological polar surface area (TPSA) is 83.4 Å². The van der Waals surface area contributed by atoms with E-state index in [2.05, 4.69) is 6.07 Å². The number of fused-ring (bicyclic) bond motifs is 3. The van der Waals surface area contributed by atoms with Gasteiger partial charge in [-0.3, -0.25) is 4.79 Å². The van der Waals surface area contributed by atoms with Gasteiger partial charge in [0.1, 0.15) is 5.41 Å². The van der Waals surface area contributed by atoms with Crippen LogP contribution in [-0.4, -0.2) is 25.3 Å². The first kappa shape index (κ1) is 33.3. The number of hydrogen-bond acceptors (Lipinski definition) is 3. The van der Waals surface area contributed by atoms with Gasteiger partial charge in [-0.1, -0.05) is 142 Å². The van der Waals surface area contributed by atoms with Crippen LogP contribution in [0, 0.1) is 0 Å². The molecule has 0 spiro atoms. The van der Waals surface area contributed by atoms with Crippen LogP contribution < -0.4 is 10.2 Å². The summed E-state index contributed by atoms with van der Waals surface area (Å²) >= 11 is 0. The van der Waals surface area contributed by atoms with Gasteiger partial charge in [0.25, 0.3) is 0 Å². The number of aliphatic carboxylic acids is 1. The quantitative estimate of drug-likeness (QED) is 0.207. The molecule has 0 fully saturated rings. The first-order valence-corrected chi connectivity index (χ1v) is 13.7. The zero-order chi connectivity index (χ0) is 28.1. The van der Waals surface area contributed by atoms with Crippen LogP contribution in [0.4, 0.5) is 0 Å². The first-order chi connectivity index (χ1) is 19.2. The van der Waals surface area contributed by atoms with E-state index in [0.717, 1.165) is 30.9 Å². The van der Waals surface area contributed by atoms with Crippen molar-refractivity contribution in [2.75, 3.05) is 14.2 Å². The number of carbonyl (C=O) groups is 1. The van der Waals surface area contributed by atoms with Crippen molar-refractivity contribution in [3.63, 3.8) is 0 Å². The van der Waals surface area contributed by atoms with Gasteiger partial charge in [-0.25, -0.2) is 0 Å². The average Bonchev–Trinajstić information content (AvgIpc) is 3.40. The summed E-state index contributed by atoms with van der Waals surface area (Å²) in [4.78, 5) is 12.4. The molecule has 4 nitrogen and oxygen atoms in total. The Balaban J connectivity index is 0.000000265. The Kier molecular flexibility index (Phi) is 14.2. The van der Waals surface area contributed by atoms with Gasteiger partial charge in [-0.2, -0.15) is 42.5 Å². The van der Waals surface area contributed by atoms with E-state index in [1.54, 1.807) is 22.3 Å². The fourth-order valence-corrected chi connectivity index (χ4v) is 6.01. The van der Waals surface area contributed by atoms with Gasteiger partial charge in [0, 0.05) is 0 Å². The van der Waals surface area contributed by atoms with Crippen molar-refractivity contribution in [2.24, 2.45) is 0 Å². The fraction of sp³-hybridized carbons (Fsp3) is 0.314. The Morgan fingerprint density at radius 1 is 0.600 bits per heavy atom. The van der Waals surface area contributed by atoms with Crippen LogP contribution in [0.2, 0.25) is 0 Å². The van der Waals surface area contributed by atoms with Gasteiger partial charge in [0.2, 0.25) is 0 Å². The van der Waals surface area contributed by atoms with Crippen LogP contribution >= 0.6 is 0 Å². The zero-order valence-electron chi connectivity index (χ0n) is 23.6. The predicted molar refractivity (Wildman–Crippen MR) is 154 cm³/mol. The van der Waals surface area contributed by atoms with Gasteiger partial charge in [0.15, 0.2) is 0 Å². The van der Waals surface area contributed by atoms with E-state index in [0.29, 0.717) is 0 Å². The van der Waals surface area contributed by atoms with Crippen molar-refractivity contribution < 1.29 is 41.8 Å². The van der Waals surface area contributed by atoms with E-state index in [9.17, 15) is 9.90 Å². The first-order valence-electron chi connectivity index (χ1n) is 13.7. The van der Waals surface area contributed by atoms with Crippen molar-refractivity contribution in [1.29, 1.82) is 0 Å². The van der Waals surface area contributed by atoms with E-state index in [1.165, 1.54) is 51.4 Å². The van der Waals surface area contributed by atoms with Crippen molar-refractivity contribution in [3.05, 3.63) is 136 Å². The number of carboxylic acid groups (broad SMARTS) is 1. The van der Waals surface area contributed by atoms with Crippen molar-refractivity contribution in [1.82, 2.24) is 0 Å². The third kappa shape index (κ3) is 7.24. The molecule has 0 bridgehead atoms. The Bertz CT molecular complexity index is 1140. The van der Waals surface area contributed by atoms with E-state index < -0.39 is 11.4 Å². The number of benzene rings is 3. The van der Waals surface area contributed by atoms with E-state index >= 15 is 0 Å². The molecule has 0 aliphatic heterocycles. The molecule has 0 unspecified atom stereocenters. The summed E-state index contributed by atoms with van der Waals surface area (Å²) in [5.74, 6) is -0.879. The van der Waals surface area contributed by atoms with E-state index in [4.69, 9.17) is 10.2 Å². The average molecular weight is 572 g/mol. The molecule has 1 radical (unpaired) electrons. The molecule has 40 heavy (non-hydrogen) atoms. The molecular formula is C35H39O4Ti. The molecule has 207 valence electrons. The van der Waals surface area contributed by atoms with Crippen molar-refractivity contribution >= 4 is 5.97 Å². The maximum atomic E-state index is 12.4. The zero-order valence-corrected chi connectivity index (χ0v) is 25.1. The maximum absolute atomic E-state index is 12.4. The minimum absolute atomic E-state index is 0. The summed E-state index contributed by atoms with van der Waals surface area (Å²) in [6, 6.07) is 30.7. The molecule has 0 atom stereocenters. The minimum atomic E-state index is -1.20. The van der Waals surface area contributed by atoms with Gasteiger partial charge < -0.3 is 15.3 Å². The minimum Gasteiger partial charge on any atom is -0.857 e. The largest absolute Gasteiger partial charge is 3.00 e. The summed E-state index contributed by atoms with van der Waals surface area (Å²) in [5, 5.41) is 26.7. The van der Waals surface area contributed by atoms with E-state index in [1.807, 2.05) is 91.0 Å². The number of rotatable bonds is 4. The molecule has 0 heterocycles. The molecule has 6 rings (SSSR count). The summed E-state index contributed by atoms with van der Waals surface area (Å²) in [7, 11) is 1.50. The molecule has 1 N–H and O–H groups in total.